The predicted octanol–water partition coefficient (Wildman–Crippen LogP) is 1.42. The molecule has 3 rings (SSSR count). The van der Waals surface area contributed by atoms with Gasteiger partial charge in [-0.25, -0.2) is 9.78 Å². The Labute approximate surface area is 113 Å². The van der Waals surface area contributed by atoms with Gasteiger partial charge in [-0.1, -0.05) is 0 Å². The number of hydrogen-bond donors (Lipinski definition) is 2. The number of nitro groups is 1. The summed E-state index contributed by atoms with van der Waals surface area (Å²) in [6.45, 7) is 0. The molecule has 20 heavy (non-hydrogen) atoms. The summed E-state index contributed by atoms with van der Waals surface area (Å²) >= 11 is 0. The van der Waals surface area contributed by atoms with Crippen molar-refractivity contribution in [2.75, 3.05) is 5.32 Å². The van der Waals surface area contributed by atoms with Crippen LogP contribution in [0.15, 0.2) is 12.3 Å². The minimum absolute atomic E-state index is 0.0146. The normalized spacial score (nSPS) is 27.5. The third-order valence-electron chi connectivity index (χ3n) is 3.74. The number of anilines is 1. The zero-order valence-corrected chi connectivity index (χ0v) is 10.5. The van der Waals surface area contributed by atoms with Crippen LogP contribution >= 0.6 is 0 Å². The van der Waals surface area contributed by atoms with Gasteiger partial charge in [0, 0.05) is 6.07 Å². The van der Waals surface area contributed by atoms with Crippen LogP contribution in [0.1, 0.15) is 29.6 Å². The third kappa shape index (κ3) is 2.18. The van der Waals surface area contributed by atoms with Gasteiger partial charge >= 0.3 is 5.97 Å². The molecule has 2 N–H and O–H groups in total. The van der Waals surface area contributed by atoms with Gasteiger partial charge in [0.2, 0.25) is 0 Å². The molecule has 2 aliphatic rings. The first-order valence-electron chi connectivity index (χ1n) is 6.34. The summed E-state index contributed by atoms with van der Waals surface area (Å²) in [6.07, 6.45) is 4.13. The lowest BCUT2D eigenvalue weighted by Gasteiger charge is -2.21. The van der Waals surface area contributed by atoms with Gasteiger partial charge < -0.3 is 15.2 Å². The molecule has 1 aromatic rings. The summed E-state index contributed by atoms with van der Waals surface area (Å²) < 4.78 is 5.67. The largest absolute Gasteiger partial charge is 0.478 e. The molecule has 0 radical (unpaired) electrons. The molecule has 0 aromatic carbocycles. The summed E-state index contributed by atoms with van der Waals surface area (Å²) in [6, 6.07) is 1.03. The van der Waals surface area contributed by atoms with Crippen LogP contribution in [-0.4, -0.2) is 39.2 Å². The van der Waals surface area contributed by atoms with Crippen molar-refractivity contribution in [2.24, 2.45) is 0 Å². The zero-order chi connectivity index (χ0) is 14.3. The van der Waals surface area contributed by atoms with E-state index in [0.29, 0.717) is 0 Å². The minimum atomic E-state index is -1.24. The SMILES string of the molecule is O=C(O)c1cc([N+](=O)[O-])cnc1NC1CC2CCC1O2. The van der Waals surface area contributed by atoms with E-state index in [1.54, 1.807) is 0 Å². The van der Waals surface area contributed by atoms with E-state index in [1.807, 2.05) is 0 Å². The average molecular weight is 279 g/mol. The number of nitrogens with one attached hydrogen (secondary N) is 1. The van der Waals surface area contributed by atoms with E-state index in [1.165, 1.54) is 0 Å². The predicted molar refractivity (Wildman–Crippen MR) is 67.8 cm³/mol. The van der Waals surface area contributed by atoms with Gasteiger partial charge in [0.1, 0.15) is 17.6 Å². The molecule has 0 spiro atoms. The fourth-order valence-corrected chi connectivity index (χ4v) is 2.80. The number of fused-ring (bicyclic) bond motifs is 2. The van der Waals surface area contributed by atoms with Crippen LogP contribution in [0.5, 0.6) is 0 Å². The standard InChI is InChI=1S/C12H13N3O5/c16-12(17)8-3-6(15(18)19)5-13-11(8)14-9-4-7-1-2-10(9)20-7/h3,5,7,9-10H,1-2,4H2,(H,13,14)(H,16,17). The van der Waals surface area contributed by atoms with Gasteiger partial charge in [-0.05, 0) is 19.3 Å². The van der Waals surface area contributed by atoms with Crippen LogP contribution in [0.4, 0.5) is 11.5 Å². The maximum Gasteiger partial charge on any atom is 0.339 e. The number of carboxylic acid groups (broad SMARTS) is 1. The molecule has 2 fully saturated rings. The van der Waals surface area contributed by atoms with E-state index in [2.05, 4.69) is 10.3 Å². The number of carboxylic acids is 1. The van der Waals surface area contributed by atoms with Crippen LogP contribution in [0.2, 0.25) is 0 Å². The van der Waals surface area contributed by atoms with Crippen molar-refractivity contribution >= 4 is 17.5 Å². The van der Waals surface area contributed by atoms with Crippen LogP contribution in [0.25, 0.3) is 0 Å². The molecule has 3 atom stereocenters. The van der Waals surface area contributed by atoms with E-state index in [4.69, 9.17) is 9.84 Å². The quantitative estimate of drug-likeness (QED) is 0.632. The monoisotopic (exact) mass is 279 g/mol. The number of rotatable bonds is 4. The zero-order valence-electron chi connectivity index (χ0n) is 10.5. The van der Waals surface area contributed by atoms with Crippen LogP contribution in [0.3, 0.4) is 0 Å². The van der Waals surface area contributed by atoms with E-state index in [-0.39, 0.29) is 35.3 Å². The molecule has 8 heteroatoms. The van der Waals surface area contributed by atoms with Gasteiger partial charge in [-0.3, -0.25) is 10.1 Å². The second-order valence-corrected chi connectivity index (χ2v) is 5.01. The second-order valence-electron chi connectivity index (χ2n) is 5.01. The maximum atomic E-state index is 11.2. The lowest BCUT2D eigenvalue weighted by molar-refractivity contribution is -0.385. The highest BCUT2D eigenvalue weighted by Crippen LogP contribution is 2.36. The summed E-state index contributed by atoms with van der Waals surface area (Å²) in [5, 5.41) is 22.9. The van der Waals surface area contributed by atoms with Crippen LogP contribution < -0.4 is 5.32 Å². The Morgan fingerprint density at radius 2 is 2.35 bits per heavy atom. The highest BCUT2D eigenvalue weighted by atomic mass is 16.6. The van der Waals surface area contributed by atoms with Gasteiger partial charge in [0.25, 0.3) is 5.69 Å². The van der Waals surface area contributed by atoms with Gasteiger partial charge in [0.05, 0.1) is 23.2 Å². The minimum Gasteiger partial charge on any atom is -0.478 e. The Hall–Kier alpha value is -2.22. The summed E-state index contributed by atoms with van der Waals surface area (Å²) in [7, 11) is 0. The molecular formula is C12H13N3O5. The topological polar surface area (TPSA) is 115 Å². The lowest BCUT2D eigenvalue weighted by atomic mass is 9.95. The Kier molecular flexibility index (Phi) is 3.01. The van der Waals surface area contributed by atoms with Crippen molar-refractivity contribution in [2.45, 2.75) is 37.5 Å². The molecule has 2 saturated heterocycles. The Morgan fingerprint density at radius 1 is 1.55 bits per heavy atom. The maximum absolute atomic E-state index is 11.2. The number of hydrogen-bond acceptors (Lipinski definition) is 6. The number of aromatic carboxylic acids is 1. The van der Waals surface area contributed by atoms with E-state index >= 15 is 0 Å². The Bertz CT molecular complexity index is 576. The number of aromatic nitrogens is 1. The van der Waals surface area contributed by atoms with Crippen molar-refractivity contribution in [3.05, 3.63) is 27.9 Å². The third-order valence-corrected chi connectivity index (χ3v) is 3.74. The fourth-order valence-electron chi connectivity index (χ4n) is 2.80. The molecule has 0 aliphatic carbocycles. The molecule has 2 bridgehead atoms. The van der Waals surface area contributed by atoms with Crippen molar-refractivity contribution < 1.29 is 19.6 Å². The number of pyridine rings is 1. The molecular weight excluding hydrogens is 266 g/mol. The van der Waals surface area contributed by atoms with Crippen molar-refractivity contribution in [1.82, 2.24) is 4.98 Å². The molecule has 1 aromatic heterocycles. The first-order valence-corrected chi connectivity index (χ1v) is 6.34. The van der Waals surface area contributed by atoms with Gasteiger partial charge in [-0.15, -0.1) is 0 Å². The molecule has 106 valence electrons. The molecule has 0 saturated carbocycles. The first-order chi connectivity index (χ1) is 9.54. The van der Waals surface area contributed by atoms with E-state index in [9.17, 15) is 14.9 Å². The van der Waals surface area contributed by atoms with Gasteiger partial charge in [-0.2, -0.15) is 0 Å². The smallest absolute Gasteiger partial charge is 0.339 e. The Morgan fingerprint density at radius 3 is 2.90 bits per heavy atom. The van der Waals surface area contributed by atoms with Crippen LogP contribution in [-0.2, 0) is 4.74 Å². The first kappa shape index (κ1) is 12.8. The summed E-state index contributed by atoms with van der Waals surface area (Å²) in [5.41, 5.74) is -0.529. The van der Waals surface area contributed by atoms with E-state index in [0.717, 1.165) is 31.5 Å². The number of nitrogens with zero attached hydrogens (tertiary/aromatic N) is 2. The Balaban J connectivity index is 1.85. The van der Waals surface area contributed by atoms with Gasteiger partial charge in [0.15, 0.2) is 0 Å². The van der Waals surface area contributed by atoms with E-state index < -0.39 is 10.9 Å². The molecule has 0 amide bonds. The highest BCUT2D eigenvalue weighted by Gasteiger charge is 2.41. The summed E-state index contributed by atoms with van der Waals surface area (Å²) in [5.74, 6) is -1.09. The van der Waals surface area contributed by atoms with Crippen molar-refractivity contribution in [3.63, 3.8) is 0 Å². The number of carbonyl (C=O) groups is 1. The van der Waals surface area contributed by atoms with Crippen LogP contribution in [0, 0.1) is 10.1 Å². The molecule has 3 unspecified atom stereocenters. The average Bonchev–Trinajstić information content (AvgIpc) is 3.01. The highest BCUT2D eigenvalue weighted by molar-refractivity contribution is 5.93. The molecule has 8 nitrogen and oxygen atoms in total. The summed E-state index contributed by atoms with van der Waals surface area (Å²) in [4.78, 5) is 25.1. The lowest BCUT2D eigenvalue weighted by Crippen LogP contribution is -2.31. The van der Waals surface area contributed by atoms with Crippen molar-refractivity contribution in [1.29, 1.82) is 0 Å². The second kappa shape index (κ2) is 4.71. The molecule has 2 aliphatic heterocycles. The number of ether oxygens (including phenoxy) is 1. The molecule has 3 heterocycles. The van der Waals surface area contributed by atoms with Crippen molar-refractivity contribution in [3.8, 4) is 0 Å². The fraction of sp³-hybridized carbons (Fsp3) is 0.500.